The minimum atomic E-state index is -0.681. The molecule has 0 aliphatic rings. The second-order valence-electron chi connectivity index (χ2n) is 10.3. The number of para-hydroxylation sites is 1. The van der Waals surface area contributed by atoms with E-state index >= 15 is 0 Å². The summed E-state index contributed by atoms with van der Waals surface area (Å²) in [6.45, 7) is 0. The van der Waals surface area contributed by atoms with Gasteiger partial charge in [-0.25, -0.2) is 0 Å². The van der Waals surface area contributed by atoms with Gasteiger partial charge in [-0.2, -0.15) is 0 Å². The van der Waals surface area contributed by atoms with Gasteiger partial charge in [0.1, 0.15) is 10.9 Å². The number of thioether (sulfide) groups is 1. The van der Waals surface area contributed by atoms with Crippen LogP contribution in [0.2, 0.25) is 10.0 Å². The van der Waals surface area contributed by atoms with Gasteiger partial charge in [0.05, 0.1) is 11.3 Å². The molecule has 48 heavy (non-hydrogen) atoms. The molecule has 1 unspecified atom stereocenters. The van der Waals surface area contributed by atoms with Gasteiger partial charge in [-0.1, -0.05) is 89.9 Å². The number of nitrogens with two attached hydrogens (primary N) is 1. The average molecular weight is 696 g/mol. The zero-order valence-corrected chi connectivity index (χ0v) is 27.5. The van der Waals surface area contributed by atoms with Crippen LogP contribution in [0, 0.1) is 0 Å². The quantitative estimate of drug-likeness (QED) is 0.0823. The Bertz CT molecular complexity index is 1990. The average Bonchev–Trinajstić information content (AvgIpc) is 3.09. The van der Waals surface area contributed by atoms with E-state index in [0.717, 1.165) is 10.5 Å². The van der Waals surface area contributed by atoms with Gasteiger partial charge < -0.3 is 21.7 Å². The van der Waals surface area contributed by atoms with Crippen molar-refractivity contribution < 1.29 is 19.2 Å². The number of carbonyl (C=O) groups is 4. The highest BCUT2D eigenvalue weighted by Gasteiger charge is 2.24. The third kappa shape index (κ3) is 8.92. The van der Waals surface area contributed by atoms with Crippen molar-refractivity contribution >= 4 is 76.0 Å². The number of rotatable bonds is 11. The van der Waals surface area contributed by atoms with E-state index in [9.17, 15) is 19.2 Å². The second-order valence-corrected chi connectivity index (χ2v) is 12.4. The van der Waals surface area contributed by atoms with Gasteiger partial charge in [-0.15, -0.1) is 11.8 Å². The fourth-order valence-corrected chi connectivity index (χ4v) is 6.06. The first-order chi connectivity index (χ1) is 23.2. The van der Waals surface area contributed by atoms with E-state index in [4.69, 9.17) is 28.9 Å². The Hall–Kier alpha value is -5.35. The molecule has 0 bridgehead atoms. The van der Waals surface area contributed by atoms with Crippen molar-refractivity contribution in [2.75, 3.05) is 10.6 Å². The van der Waals surface area contributed by atoms with Crippen LogP contribution in [0.1, 0.15) is 37.1 Å². The predicted molar refractivity (Wildman–Crippen MR) is 192 cm³/mol. The van der Waals surface area contributed by atoms with E-state index in [1.54, 1.807) is 97.1 Å². The number of carbonyl (C=O) groups excluding carboxylic acids is 4. The molecular formula is C37H28Cl2N4O4S. The Morgan fingerprint density at radius 2 is 1.38 bits per heavy atom. The standard InChI is InChI=1S/C37H28Cl2N4O4S/c38-26-16-15-25(30(39)22-26)21-32(43-35(45)24-11-5-2-6-12-24)36(46)41-27-17-19-28(20-18-27)48-33(23-9-3-1-4-10-23)37(47)42-31-14-8-7-13-29(31)34(40)44/h1-22,33H,(H2,40,44)(H,41,46)(H,42,47)(H,43,45)/b32-21-. The van der Waals surface area contributed by atoms with E-state index in [1.165, 1.54) is 17.8 Å². The molecule has 8 nitrogen and oxygen atoms in total. The molecular weight excluding hydrogens is 667 g/mol. The Kier molecular flexibility index (Phi) is 11.3. The normalized spacial score (nSPS) is 11.7. The molecule has 11 heteroatoms. The summed E-state index contributed by atoms with van der Waals surface area (Å²) in [6.07, 6.45) is 1.47. The van der Waals surface area contributed by atoms with Crippen LogP contribution >= 0.6 is 35.0 Å². The first kappa shape index (κ1) is 34.0. The van der Waals surface area contributed by atoms with E-state index in [0.29, 0.717) is 32.5 Å². The van der Waals surface area contributed by atoms with E-state index in [-0.39, 0.29) is 17.2 Å². The molecule has 0 aliphatic carbocycles. The molecule has 0 spiro atoms. The lowest BCUT2D eigenvalue weighted by Crippen LogP contribution is -2.30. The Morgan fingerprint density at radius 3 is 2.04 bits per heavy atom. The molecule has 0 aromatic heterocycles. The SMILES string of the molecule is NC(=O)c1ccccc1NC(=O)C(Sc1ccc(NC(=O)/C(=C/c2ccc(Cl)cc2Cl)NC(=O)c2ccccc2)cc1)c1ccccc1. The minimum Gasteiger partial charge on any atom is -0.366 e. The molecule has 0 aliphatic heterocycles. The summed E-state index contributed by atoms with van der Waals surface area (Å²) < 4.78 is 0. The summed E-state index contributed by atoms with van der Waals surface area (Å²) in [4.78, 5) is 52.7. The fourth-order valence-electron chi connectivity index (χ4n) is 4.57. The zero-order valence-electron chi connectivity index (χ0n) is 25.2. The molecule has 5 aromatic carbocycles. The first-order valence-corrected chi connectivity index (χ1v) is 16.2. The molecule has 5 N–H and O–H groups in total. The smallest absolute Gasteiger partial charge is 0.272 e. The number of hydrogen-bond donors (Lipinski definition) is 4. The Morgan fingerprint density at radius 1 is 0.729 bits per heavy atom. The number of hydrogen-bond acceptors (Lipinski definition) is 5. The van der Waals surface area contributed by atoms with Gasteiger partial charge in [0, 0.05) is 26.2 Å². The number of anilines is 2. The number of nitrogens with one attached hydrogen (secondary N) is 3. The van der Waals surface area contributed by atoms with Crippen LogP contribution < -0.4 is 21.7 Å². The van der Waals surface area contributed by atoms with E-state index in [1.807, 2.05) is 30.3 Å². The zero-order chi connectivity index (χ0) is 34.0. The number of primary amides is 1. The molecule has 1 atom stereocenters. The van der Waals surface area contributed by atoms with Crippen molar-refractivity contribution in [1.82, 2.24) is 5.32 Å². The molecule has 4 amide bonds. The van der Waals surface area contributed by atoms with Crippen LogP contribution in [0.4, 0.5) is 11.4 Å². The number of amides is 4. The van der Waals surface area contributed by atoms with Gasteiger partial charge in [0.2, 0.25) is 5.91 Å². The summed E-state index contributed by atoms with van der Waals surface area (Å²) in [5, 5.41) is 8.38. The highest BCUT2D eigenvalue weighted by Crippen LogP contribution is 2.37. The number of benzene rings is 5. The maximum atomic E-state index is 13.6. The van der Waals surface area contributed by atoms with Crippen molar-refractivity contribution in [1.29, 1.82) is 0 Å². The molecule has 5 aromatic rings. The third-order valence-electron chi connectivity index (χ3n) is 6.95. The molecule has 0 fully saturated rings. The van der Waals surface area contributed by atoms with Crippen molar-refractivity contribution in [3.8, 4) is 0 Å². The van der Waals surface area contributed by atoms with Crippen LogP contribution in [-0.4, -0.2) is 23.6 Å². The highest BCUT2D eigenvalue weighted by atomic mass is 35.5. The monoisotopic (exact) mass is 694 g/mol. The van der Waals surface area contributed by atoms with E-state index in [2.05, 4.69) is 16.0 Å². The van der Waals surface area contributed by atoms with Gasteiger partial charge in [-0.3, -0.25) is 19.2 Å². The molecule has 240 valence electrons. The summed E-state index contributed by atoms with van der Waals surface area (Å²) in [7, 11) is 0. The molecule has 0 saturated heterocycles. The predicted octanol–water partition coefficient (Wildman–Crippen LogP) is 7.97. The molecule has 0 heterocycles. The van der Waals surface area contributed by atoms with Crippen LogP contribution in [0.5, 0.6) is 0 Å². The van der Waals surface area contributed by atoms with Gasteiger partial charge in [0.15, 0.2) is 0 Å². The van der Waals surface area contributed by atoms with Gasteiger partial charge in [0.25, 0.3) is 17.7 Å². The van der Waals surface area contributed by atoms with Crippen LogP contribution in [0.3, 0.4) is 0 Å². The lowest BCUT2D eigenvalue weighted by Gasteiger charge is -2.18. The first-order valence-electron chi connectivity index (χ1n) is 14.5. The van der Waals surface area contributed by atoms with Gasteiger partial charge >= 0.3 is 0 Å². The second kappa shape index (κ2) is 16.0. The van der Waals surface area contributed by atoms with Crippen molar-refractivity contribution in [3.63, 3.8) is 0 Å². The maximum absolute atomic E-state index is 13.6. The Labute approximate surface area is 291 Å². The molecule has 0 saturated carbocycles. The van der Waals surface area contributed by atoms with Gasteiger partial charge in [-0.05, 0) is 77.9 Å². The Balaban J connectivity index is 1.35. The number of halogens is 2. The largest absolute Gasteiger partial charge is 0.366 e. The van der Waals surface area contributed by atoms with Crippen molar-refractivity contribution in [2.45, 2.75) is 10.1 Å². The van der Waals surface area contributed by atoms with Crippen LogP contribution in [-0.2, 0) is 9.59 Å². The highest BCUT2D eigenvalue weighted by molar-refractivity contribution is 8.00. The maximum Gasteiger partial charge on any atom is 0.272 e. The van der Waals surface area contributed by atoms with Crippen molar-refractivity contribution in [3.05, 3.63) is 165 Å². The van der Waals surface area contributed by atoms with Crippen molar-refractivity contribution in [2.24, 2.45) is 5.73 Å². The van der Waals surface area contributed by atoms with Crippen LogP contribution in [0.25, 0.3) is 6.08 Å². The summed E-state index contributed by atoms with van der Waals surface area (Å²) >= 11 is 13.7. The molecule has 5 rings (SSSR count). The lowest BCUT2D eigenvalue weighted by atomic mass is 10.1. The van der Waals surface area contributed by atoms with Crippen LogP contribution in [0.15, 0.2) is 138 Å². The topological polar surface area (TPSA) is 130 Å². The van der Waals surface area contributed by atoms with E-state index < -0.39 is 23.0 Å². The summed E-state index contributed by atoms with van der Waals surface area (Å²) in [5.74, 6) is -2.05. The summed E-state index contributed by atoms with van der Waals surface area (Å²) in [6, 6.07) is 36.0. The third-order valence-corrected chi connectivity index (χ3v) is 8.78. The lowest BCUT2D eigenvalue weighted by molar-refractivity contribution is -0.116. The molecule has 0 radical (unpaired) electrons. The fraction of sp³-hybridized carbons (Fsp3) is 0.0270. The summed E-state index contributed by atoms with van der Waals surface area (Å²) in [5.41, 5.74) is 8.04. The minimum absolute atomic E-state index is 0.0384.